The molecule has 2 atom stereocenters. The summed E-state index contributed by atoms with van der Waals surface area (Å²) < 4.78 is 34.7. The Morgan fingerprint density at radius 1 is 0.529 bits per heavy atom. The van der Waals surface area contributed by atoms with E-state index in [1.807, 2.05) is 21.1 Å². The monoisotopic (exact) mass is 749 g/mol. The lowest BCUT2D eigenvalue weighted by atomic mass is 10.0. The SMILES string of the molecule is CCCCCCCCCCCCCCCCCCCCCCCCCCOCC(COP(=O)(O)OCC[N+](C)(C)C)OC(=O)CCCCCCC. The molecule has 306 valence electrons. The first-order valence-corrected chi connectivity index (χ1v) is 23.3. The van der Waals surface area contributed by atoms with E-state index in [9.17, 15) is 14.3 Å². The summed E-state index contributed by atoms with van der Waals surface area (Å²) in [6, 6.07) is 0. The number of carbonyl (C=O) groups is 1. The smallest absolute Gasteiger partial charge is 0.457 e. The van der Waals surface area contributed by atoms with Crippen LogP contribution < -0.4 is 0 Å². The van der Waals surface area contributed by atoms with E-state index < -0.39 is 13.9 Å². The first-order valence-electron chi connectivity index (χ1n) is 21.8. The molecule has 0 bridgehead atoms. The number of esters is 1. The van der Waals surface area contributed by atoms with Gasteiger partial charge in [0.1, 0.15) is 19.3 Å². The summed E-state index contributed by atoms with van der Waals surface area (Å²) in [6.45, 7) is 5.58. The molecule has 0 aliphatic rings. The van der Waals surface area contributed by atoms with Crippen LogP contribution in [0.1, 0.15) is 206 Å². The lowest BCUT2D eigenvalue weighted by Gasteiger charge is -2.24. The highest BCUT2D eigenvalue weighted by molar-refractivity contribution is 7.47. The minimum atomic E-state index is -4.25. The molecule has 0 aromatic rings. The van der Waals surface area contributed by atoms with Gasteiger partial charge in [0.15, 0.2) is 0 Å². The molecule has 0 saturated carbocycles. The van der Waals surface area contributed by atoms with Crippen molar-refractivity contribution in [1.82, 2.24) is 0 Å². The fourth-order valence-corrected chi connectivity index (χ4v) is 7.00. The zero-order valence-corrected chi connectivity index (χ0v) is 35.5. The Balaban J connectivity index is 3.85. The summed E-state index contributed by atoms with van der Waals surface area (Å²) in [5.74, 6) is -0.322. The first kappa shape index (κ1) is 50.5. The highest BCUT2D eigenvalue weighted by atomic mass is 31.2. The van der Waals surface area contributed by atoms with Crippen LogP contribution in [-0.4, -0.2) is 75.6 Å². The van der Waals surface area contributed by atoms with Crippen LogP contribution in [0.5, 0.6) is 0 Å². The van der Waals surface area contributed by atoms with E-state index in [2.05, 4.69) is 13.8 Å². The van der Waals surface area contributed by atoms with Gasteiger partial charge in [0.05, 0.1) is 34.4 Å². The number of phosphoric acid groups is 1. The molecule has 2 unspecified atom stereocenters. The predicted molar refractivity (Wildman–Crippen MR) is 215 cm³/mol. The molecular formula is C42H87NO7P+. The molecule has 0 saturated heterocycles. The molecule has 9 heteroatoms. The van der Waals surface area contributed by atoms with E-state index in [0.29, 0.717) is 24.1 Å². The zero-order valence-electron chi connectivity index (χ0n) is 34.6. The maximum atomic E-state index is 12.4. The average molecular weight is 749 g/mol. The molecule has 0 aromatic carbocycles. The molecule has 0 aliphatic heterocycles. The average Bonchev–Trinajstić information content (AvgIpc) is 3.07. The number of phosphoric ester groups is 1. The van der Waals surface area contributed by atoms with Crippen molar-refractivity contribution in [3.8, 4) is 0 Å². The molecule has 1 N–H and O–H groups in total. The molecule has 8 nitrogen and oxygen atoms in total. The van der Waals surface area contributed by atoms with Crippen molar-refractivity contribution in [2.24, 2.45) is 0 Å². The van der Waals surface area contributed by atoms with Gasteiger partial charge in [-0.2, -0.15) is 0 Å². The van der Waals surface area contributed by atoms with Crippen molar-refractivity contribution < 1.29 is 37.3 Å². The summed E-state index contributed by atoms with van der Waals surface area (Å²) in [4.78, 5) is 22.6. The molecule has 0 spiro atoms. The van der Waals surface area contributed by atoms with Crippen molar-refractivity contribution in [2.45, 2.75) is 213 Å². The molecule has 51 heavy (non-hydrogen) atoms. The number of nitrogens with zero attached hydrogens (tertiary/aromatic N) is 1. The first-order chi connectivity index (χ1) is 24.6. The third kappa shape index (κ3) is 40.5. The number of likely N-dealkylation sites (N-methyl/N-ethyl adjacent to an activating group) is 1. The van der Waals surface area contributed by atoms with Crippen LogP contribution in [0.4, 0.5) is 0 Å². The highest BCUT2D eigenvalue weighted by Crippen LogP contribution is 2.43. The van der Waals surface area contributed by atoms with Crippen LogP contribution >= 0.6 is 7.82 Å². The maximum Gasteiger partial charge on any atom is 0.472 e. The fraction of sp³-hybridized carbons (Fsp3) is 0.976. The number of rotatable bonds is 41. The van der Waals surface area contributed by atoms with Crippen molar-refractivity contribution in [1.29, 1.82) is 0 Å². The van der Waals surface area contributed by atoms with Crippen molar-refractivity contribution >= 4 is 13.8 Å². The molecular weight excluding hydrogens is 661 g/mol. The molecule has 0 fully saturated rings. The van der Waals surface area contributed by atoms with E-state index in [1.165, 1.54) is 148 Å². The number of unbranched alkanes of at least 4 members (excludes halogenated alkanes) is 27. The second-order valence-electron chi connectivity index (χ2n) is 16.1. The summed E-state index contributed by atoms with van der Waals surface area (Å²) in [5.41, 5.74) is 0. The Hall–Kier alpha value is -0.500. The van der Waals surface area contributed by atoms with Crippen molar-refractivity contribution in [3.05, 3.63) is 0 Å². The lowest BCUT2D eigenvalue weighted by Crippen LogP contribution is -2.37. The van der Waals surface area contributed by atoms with Crippen molar-refractivity contribution in [3.63, 3.8) is 0 Å². The van der Waals surface area contributed by atoms with Gasteiger partial charge in [-0.15, -0.1) is 0 Å². The summed E-state index contributed by atoms with van der Waals surface area (Å²) >= 11 is 0. The summed E-state index contributed by atoms with van der Waals surface area (Å²) in [5, 5.41) is 0. The normalized spacial score (nSPS) is 13.8. The standard InChI is InChI=1S/C42H86NO7P/c1-6-8-10-12-13-14-15-16-17-18-19-20-21-22-23-24-25-26-27-28-29-30-32-34-37-47-39-41(50-42(44)35-33-31-11-9-7-2)40-49-51(45,46)48-38-36-43(3,4)5/h41H,6-40H2,1-5H3/p+1. The van der Waals surface area contributed by atoms with E-state index >= 15 is 0 Å². The highest BCUT2D eigenvalue weighted by Gasteiger charge is 2.26. The van der Waals surface area contributed by atoms with Crippen LogP contribution in [0.15, 0.2) is 0 Å². The Morgan fingerprint density at radius 3 is 1.29 bits per heavy atom. The molecule has 0 amide bonds. The van der Waals surface area contributed by atoms with Crippen LogP contribution in [0, 0.1) is 0 Å². The van der Waals surface area contributed by atoms with Crippen LogP contribution in [0.2, 0.25) is 0 Å². The van der Waals surface area contributed by atoms with Gasteiger partial charge in [-0.25, -0.2) is 4.57 Å². The summed E-state index contributed by atoms with van der Waals surface area (Å²) in [7, 11) is 1.68. The minimum absolute atomic E-state index is 0.0928. The maximum absolute atomic E-state index is 12.4. The number of hydrogen-bond acceptors (Lipinski definition) is 6. The van der Waals surface area contributed by atoms with Gasteiger partial charge in [-0.05, 0) is 12.8 Å². The van der Waals surface area contributed by atoms with Gasteiger partial charge in [-0.1, -0.05) is 187 Å². The minimum Gasteiger partial charge on any atom is -0.457 e. The van der Waals surface area contributed by atoms with Gasteiger partial charge in [0.2, 0.25) is 0 Å². The third-order valence-corrected chi connectivity index (χ3v) is 10.7. The number of quaternary nitrogens is 1. The topological polar surface area (TPSA) is 91.3 Å². The van der Waals surface area contributed by atoms with E-state index in [0.717, 1.165) is 38.5 Å². The van der Waals surface area contributed by atoms with Crippen LogP contribution in [0.25, 0.3) is 0 Å². The molecule has 0 heterocycles. The second kappa shape index (κ2) is 36.5. The van der Waals surface area contributed by atoms with E-state index in [1.54, 1.807) is 0 Å². The second-order valence-corrected chi connectivity index (χ2v) is 17.5. The molecule has 0 rings (SSSR count). The third-order valence-electron chi connectivity index (χ3n) is 9.67. The van der Waals surface area contributed by atoms with Gasteiger partial charge in [-0.3, -0.25) is 13.8 Å². The Morgan fingerprint density at radius 2 is 0.902 bits per heavy atom. The number of carbonyl (C=O) groups excluding carboxylic acids is 1. The quantitative estimate of drug-likeness (QED) is 0.0288. The predicted octanol–water partition coefficient (Wildman–Crippen LogP) is 12.5. The van der Waals surface area contributed by atoms with Gasteiger partial charge >= 0.3 is 13.8 Å². The van der Waals surface area contributed by atoms with E-state index in [4.69, 9.17) is 18.5 Å². The lowest BCUT2D eigenvalue weighted by molar-refractivity contribution is -0.870. The Kier molecular flexibility index (Phi) is 36.1. The zero-order chi connectivity index (χ0) is 37.7. The van der Waals surface area contributed by atoms with Gasteiger partial charge in [0, 0.05) is 13.0 Å². The number of hydrogen-bond donors (Lipinski definition) is 1. The Labute approximate surface area is 317 Å². The van der Waals surface area contributed by atoms with Gasteiger partial charge < -0.3 is 18.9 Å². The Bertz CT molecular complexity index is 792. The van der Waals surface area contributed by atoms with Gasteiger partial charge in [0.25, 0.3) is 0 Å². The van der Waals surface area contributed by atoms with Crippen molar-refractivity contribution in [2.75, 3.05) is 54.1 Å². The van der Waals surface area contributed by atoms with Crippen LogP contribution in [0.3, 0.4) is 0 Å². The molecule has 0 radical (unpaired) electrons. The number of ether oxygens (including phenoxy) is 2. The van der Waals surface area contributed by atoms with Crippen LogP contribution in [-0.2, 0) is 27.9 Å². The summed E-state index contributed by atoms with van der Waals surface area (Å²) in [6.07, 6.45) is 37.6. The molecule has 0 aromatic heterocycles. The molecule has 0 aliphatic carbocycles. The fourth-order valence-electron chi connectivity index (χ4n) is 6.26. The largest absolute Gasteiger partial charge is 0.472 e. The van der Waals surface area contributed by atoms with E-state index in [-0.39, 0.29) is 25.8 Å².